The summed E-state index contributed by atoms with van der Waals surface area (Å²) in [6, 6.07) is 4.17. The van der Waals surface area contributed by atoms with E-state index in [4.69, 9.17) is 9.47 Å². The van der Waals surface area contributed by atoms with Crippen molar-refractivity contribution >= 4 is 6.09 Å². The predicted octanol–water partition coefficient (Wildman–Crippen LogP) is 4.07. The van der Waals surface area contributed by atoms with E-state index in [1.54, 1.807) is 0 Å². The first-order valence-electron chi connectivity index (χ1n) is 9.87. The van der Waals surface area contributed by atoms with Crippen molar-refractivity contribution in [2.75, 3.05) is 13.2 Å². The molecule has 28 heavy (non-hydrogen) atoms. The largest absolute Gasteiger partial charge is 0.465 e. The monoisotopic (exact) mass is 395 g/mol. The zero-order valence-corrected chi connectivity index (χ0v) is 16.8. The molecule has 156 valence electrons. The molecule has 2 aliphatic heterocycles. The van der Waals surface area contributed by atoms with Crippen molar-refractivity contribution in [2.45, 2.75) is 71.0 Å². The van der Waals surface area contributed by atoms with E-state index < -0.39 is 29.0 Å². The minimum Gasteiger partial charge on any atom is -0.465 e. The number of likely N-dealkylation sites (tertiary alicyclic amines) is 1. The third-order valence-electron chi connectivity index (χ3n) is 6.14. The van der Waals surface area contributed by atoms with Crippen molar-refractivity contribution in [1.29, 1.82) is 0 Å². The summed E-state index contributed by atoms with van der Waals surface area (Å²) in [6.45, 7) is 6.86. The number of aliphatic hydroxyl groups is 1. The van der Waals surface area contributed by atoms with Crippen LogP contribution in [0.3, 0.4) is 0 Å². The molecule has 6 nitrogen and oxygen atoms in total. The van der Waals surface area contributed by atoms with Crippen molar-refractivity contribution in [3.63, 3.8) is 0 Å². The van der Waals surface area contributed by atoms with E-state index in [0.29, 0.717) is 30.7 Å². The molecule has 0 spiro atoms. The highest BCUT2D eigenvalue weighted by atomic mass is 19.1. The summed E-state index contributed by atoms with van der Waals surface area (Å²) >= 11 is 0. The van der Waals surface area contributed by atoms with Gasteiger partial charge in [-0.3, -0.25) is 4.90 Å². The number of rotatable bonds is 5. The molecular weight excluding hydrogens is 365 g/mol. The van der Waals surface area contributed by atoms with Crippen LogP contribution in [0.15, 0.2) is 18.2 Å². The lowest BCUT2D eigenvalue weighted by molar-refractivity contribution is -0.170. The molecule has 1 amide bonds. The first kappa shape index (κ1) is 21.0. The van der Waals surface area contributed by atoms with Crippen molar-refractivity contribution in [3.05, 3.63) is 35.1 Å². The van der Waals surface area contributed by atoms with E-state index in [0.717, 1.165) is 19.3 Å². The second-order valence-corrected chi connectivity index (χ2v) is 8.71. The molecule has 3 rings (SSSR count). The molecule has 2 heterocycles. The smallest absolute Gasteiger partial charge is 0.407 e. The fourth-order valence-corrected chi connectivity index (χ4v) is 4.45. The molecule has 0 radical (unpaired) electrons. The summed E-state index contributed by atoms with van der Waals surface area (Å²) in [6.07, 6.45) is 0.851. The topological polar surface area (TPSA) is 79.2 Å². The molecular formula is C21H30FNO5. The molecule has 1 aromatic rings. The number of hydrogen-bond donors (Lipinski definition) is 2. The average Bonchev–Trinajstić information content (AvgIpc) is 2.58. The van der Waals surface area contributed by atoms with E-state index in [9.17, 15) is 19.4 Å². The Kier molecular flexibility index (Phi) is 5.98. The molecule has 2 N–H and O–H groups in total. The first-order valence-corrected chi connectivity index (χ1v) is 9.87. The van der Waals surface area contributed by atoms with Gasteiger partial charge in [0, 0.05) is 13.2 Å². The summed E-state index contributed by atoms with van der Waals surface area (Å²) in [5.41, 5.74) is -0.477. The lowest BCUT2D eigenvalue weighted by atomic mass is 9.61. The molecule has 7 heteroatoms. The Balaban J connectivity index is 1.89. The van der Waals surface area contributed by atoms with E-state index in [-0.39, 0.29) is 12.9 Å². The highest BCUT2D eigenvalue weighted by molar-refractivity contribution is 5.68. The van der Waals surface area contributed by atoms with Crippen LogP contribution >= 0.6 is 0 Å². The van der Waals surface area contributed by atoms with Gasteiger partial charge in [0.2, 0.25) is 0 Å². The highest BCUT2D eigenvalue weighted by Crippen LogP contribution is 2.53. The van der Waals surface area contributed by atoms with Gasteiger partial charge in [-0.2, -0.15) is 0 Å². The molecule has 0 aliphatic carbocycles. The number of amides is 1. The fourth-order valence-electron chi connectivity index (χ4n) is 4.45. The quantitative estimate of drug-likeness (QED) is 0.786. The van der Waals surface area contributed by atoms with E-state index in [1.165, 1.54) is 23.1 Å². The maximum Gasteiger partial charge on any atom is 0.407 e. The second-order valence-electron chi connectivity index (χ2n) is 8.71. The van der Waals surface area contributed by atoms with Crippen LogP contribution in [0.2, 0.25) is 0 Å². The van der Waals surface area contributed by atoms with Crippen LogP contribution in [-0.2, 0) is 16.1 Å². The number of ether oxygens (including phenoxy) is 2. The van der Waals surface area contributed by atoms with Gasteiger partial charge >= 0.3 is 6.09 Å². The normalized spacial score (nSPS) is 26.6. The summed E-state index contributed by atoms with van der Waals surface area (Å²) in [5.74, 6) is -0.423. The molecule has 2 fully saturated rings. The van der Waals surface area contributed by atoms with Crippen molar-refractivity contribution in [2.24, 2.45) is 5.41 Å². The number of carboxylic acid groups (broad SMARTS) is 1. The van der Waals surface area contributed by atoms with Gasteiger partial charge in [0.1, 0.15) is 11.9 Å². The van der Waals surface area contributed by atoms with Gasteiger partial charge in [-0.15, -0.1) is 0 Å². The minimum absolute atomic E-state index is 0.0993. The maximum atomic E-state index is 13.9. The first-order chi connectivity index (χ1) is 13.2. The SMILES string of the molecule is CC(C)(C)[C@]1(C(O)c2ccc(F)cc2COC2CCCCO2)CCN1C(=O)O. The van der Waals surface area contributed by atoms with Crippen LogP contribution in [0, 0.1) is 11.2 Å². The summed E-state index contributed by atoms with van der Waals surface area (Å²) in [4.78, 5) is 13.1. The summed E-state index contributed by atoms with van der Waals surface area (Å²) in [5, 5.41) is 21.0. The Labute approximate surface area is 165 Å². The average molecular weight is 395 g/mol. The number of halogens is 1. The number of nitrogens with zero attached hydrogens (tertiary/aromatic N) is 1. The van der Waals surface area contributed by atoms with Gasteiger partial charge in [0.25, 0.3) is 0 Å². The zero-order valence-electron chi connectivity index (χ0n) is 16.8. The van der Waals surface area contributed by atoms with Crippen LogP contribution in [0.1, 0.15) is 63.7 Å². The van der Waals surface area contributed by atoms with Crippen molar-refractivity contribution in [3.8, 4) is 0 Å². The number of carbonyl (C=O) groups is 1. The third-order valence-corrected chi connectivity index (χ3v) is 6.14. The lowest BCUT2D eigenvalue weighted by Crippen LogP contribution is -2.70. The minimum atomic E-state index is -1.09. The van der Waals surface area contributed by atoms with Crippen LogP contribution in [-0.4, -0.2) is 46.2 Å². The fraction of sp³-hybridized carbons (Fsp3) is 0.667. The Morgan fingerprint density at radius 3 is 2.71 bits per heavy atom. The maximum absolute atomic E-state index is 13.9. The van der Waals surface area contributed by atoms with E-state index >= 15 is 0 Å². The van der Waals surface area contributed by atoms with Crippen LogP contribution in [0.5, 0.6) is 0 Å². The molecule has 0 aromatic heterocycles. The van der Waals surface area contributed by atoms with Crippen LogP contribution in [0.4, 0.5) is 9.18 Å². The zero-order chi connectivity index (χ0) is 20.5. The Morgan fingerprint density at radius 1 is 1.43 bits per heavy atom. The van der Waals surface area contributed by atoms with Gasteiger partial charge in [-0.1, -0.05) is 26.8 Å². The summed E-state index contributed by atoms with van der Waals surface area (Å²) < 4.78 is 25.3. The van der Waals surface area contributed by atoms with Crippen molar-refractivity contribution in [1.82, 2.24) is 4.90 Å². The van der Waals surface area contributed by atoms with Gasteiger partial charge < -0.3 is 19.7 Å². The molecule has 3 atom stereocenters. The van der Waals surface area contributed by atoms with Crippen LogP contribution in [0.25, 0.3) is 0 Å². The highest BCUT2D eigenvalue weighted by Gasteiger charge is 2.60. The van der Waals surface area contributed by atoms with Crippen molar-refractivity contribution < 1.29 is 28.9 Å². The molecule has 1 aromatic carbocycles. The predicted molar refractivity (Wildman–Crippen MR) is 101 cm³/mol. The molecule has 0 bridgehead atoms. The number of benzene rings is 1. The molecule has 2 unspecified atom stereocenters. The molecule has 2 aliphatic rings. The van der Waals surface area contributed by atoms with E-state index in [1.807, 2.05) is 20.8 Å². The molecule has 2 saturated heterocycles. The molecule has 0 saturated carbocycles. The third kappa shape index (κ3) is 3.75. The van der Waals surface area contributed by atoms with Gasteiger partial charge in [-0.05, 0) is 54.4 Å². The second kappa shape index (κ2) is 7.97. The van der Waals surface area contributed by atoms with Gasteiger partial charge in [-0.25, -0.2) is 9.18 Å². The number of aliphatic hydroxyl groups excluding tert-OH is 1. The van der Waals surface area contributed by atoms with Gasteiger partial charge in [0.05, 0.1) is 12.1 Å². The Bertz CT molecular complexity index is 713. The lowest BCUT2D eigenvalue weighted by Gasteiger charge is -2.60. The number of hydrogen-bond acceptors (Lipinski definition) is 4. The Hall–Kier alpha value is -1.70. The summed E-state index contributed by atoms with van der Waals surface area (Å²) in [7, 11) is 0. The van der Waals surface area contributed by atoms with Gasteiger partial charge in [0.15, 0.2) is 6.29 Å². The standard InChI is InChI=1S/C21H30FNO5/c1-20(2,3)21(9-10-23(21)19(25)26)18(24)16-8-7-15(22)12-14(16)13-28-17-6-4-5-11-27-17/h7-8,12,17-18,24H,4-6,9-11,13H2,1-3H3,(H,25,26)/t17?,18?,21-/m1/s1. The Morgan fingerprint density at radius 2 is 2.18 bits per heavy atom. The van der Waals surface area contributed by atoms with E-state index in [2.05, 4.69) is 0 Å². The van der Waals surface area contributed by atoms with Crippen LogP contribution < -0.4 is 0 Å².